The fraction of sp³-hybridized carbons (Fsp3) is 0.529. The summed E-state index contributed by atoms with van der Waals surface area (Å²) in [6, 6.07) is 7.11. The monoisotopic (exact) mass is 350 g/mol. The smallest absolute Gasteiger partial charge is 0.252 e. The van der Waals surface area contributed by atoms with E-state index in [1.54, 1.807) is 24.3 Å². The van der Waals surface area contributed by atoms with Gasteiger partial charge in [0.2, 0.25) is 5.91 Å². The second-order valence-corrected chi connectivity index (χ2v) is 6.76. The molecule has 130 valence electrons. The summed E-state index contributed by atoms with van der Waals surface area (Å²) in [6.45, 7) is 0.759. The molecule has 1 aromatic rings. The molecule has 6 nitrogen and oxygen atoms in total. The van der Waals surface area contributed by atoms with Gasteiger partial charge in [-0.15, -0.1) is 0 Å². The molecule has 1 saturated carbocycles. The Bertz CT molecular complexity index is 610. The van der Waals surface area contributed by atoms with Crippen molar-refractivity contribution < 1.29 is 9.59 Å². The maximum Gasteiger partial charge on any atom is 0.252 e. The maximum absolute atomic E-state index is 12.3. The van der Waals surface area contributed by atoms with E-state index < -0.39 is 0 Å². The lowest BCUT2D eigenvalue weighted by Crippen LogP contribution is -2.47. The zero-order valence-corrected chi connectivity index (χ0v) is 14.2. The Morgan fingerprint density at radius 2 is 1.83 bits per heavy atom. The molecule has 3 rings (SSSR count). The van der Waals surface area contributed by atoms with Gasteiger partial charge in [-0.05, 0) is 25.0 Å². The highest BCUT2D eigenvalue weighted by molar-refractivity contribution is 6.33. The molecule has 2 aliphatic rings. The van der Waals surface area contributed by atoms with Crippen molar-refractivity contribution in [3.63, 3.8) is 0 Å². The number of halogens is 1. The highest BCUT2D eigenvalue weighted by Crippen LogP contribution is 2.29. The predicted molar refractivity (Wildman–Crippen MR) is 92.6 cm³/mol. The Morgan fingerprint density at radius 1 is 1.08 bits per heavy atom. The number of hydrogen-bond acceptors (Lipinski definition) is 4. The standard InChI is InChI=1S/C17H23ClN4O2/c18-13-7-3-1-5-11(13)16(23)19-9-10-20-17(24)15-12-6-2-4-8-14(12)21-22-15/h1,3,5,7,12,14-15,21-22H,2,4,6,8-10H2,(H,19,23)(H,20,24). The first-order valence-electron chi connectivity index (χ1n) is 8.48. The van der Waals surface area contributed by atoms with E-state index in [9.17, 15) is 9.59 Å². The number of nitrogens with one attached hydrogen (secondary N) is 4. The first-order chi connectivity index (χ1) is 11.7. The van der Waals surface area contributed by atoms with Gasteiger partial charge in [0.1, 0.15) is 6.04 Å². The number of carbonyl (C=O) groups is 2. The largest absolute Gasteiger partial charge is 0.353 e. The van der Waals surface area contributed by atoms with E-state index in [1.165, 1.54) is 12.8 Å². The van der Waals surface area contributed by atoms with Gasteiger partial charge in [-0.1, -0.05) is 36.6 Å². The van der Waals surface area contributed by atoms with Crippen LogP contribution in [-0.2, 0) is 4.79 Å². The molecule has 2 amide bonds. The van der Waals surface area contributed by atoms with Crippen LogP contribution in [0.3, 0.4) is 0 Å². The molecule has 0 radical (unpaired) electrons. The number of rotatable bonds is 5. The van der Waals surface area contributed by atoms with Crippen molar-refractivity contribution in [2.24, 2.45) is 5.92 Å². The van der Waals surface area contributed by atoms with Crippen molar-refractivity contribution in [1.29, 1.82) is 0 Å². The lowest BCUT2D eigenvalue weighted by Gasteiger charge is -2.26. The molecule has 24 heavy (non-hydrogen) atoms. The minimum Gasteiger partial charge on any atom is -0.353 e. The lowest BCUT2D eigenvalue weighted by atomic mass is 9.81. The topological polar surface area (TPSA) is 82.3 Å². The molecule has 1 aliphatic heterocycles. The minimum absolute atomic E-state index is 0.0103. The summed E-state index contributed by atoms with van der Waals surface area (Å²) in [5, 5.41) is 6.08. The van der Waals surface area contributed by atoms with E-state index in [0.717, 1.165) is 12.8 Å². The zero-order chi connectivity index (χ0) is 16.9. The lowest BCUT2D eigenvalue weighted by molar-refractivity contribution is -0.123. The highest BCUT2D eigenvalue weighted by Gasteiger charge is 2.40. The van der Waals surface area contributed by atoms with Crippen LogP contribution in [0, 0.1) is 5.92 Å². The van der Waals surface area contributed by atoms with Crippen LogP contribution in [0.5, 0.6) is 0 Å². The van der Waals surface area contributed by atoms with Crippen LogP contribution in [0.1, 0.15) is 36.0 Å². The normalized spacial score (nSPS) is 25.8. The molecule has 0 aromatic heterocycles. The molecular weight excluding hydrogens is 328 g/mol. The molecule has 1 saturated heterocycles. The molecule has 7 heteroatoms. The third-order valence-corrected chi connectivity index (χ3v) is 5.11. The average molecular weight is 351 g/mol. The Hall–Kier alpha value is -1.63. The summed E-state index contributed by atoms with van der Waals surface area (Å²) < 4.78 is 0. The van der Waals surface area contributed by atoms with Crippen LogP contribution in [-0.4, -0.2) is 37.0 Å². The number of amides is 2. The van der Waals surface area contributed by atoms with Crippen molar-refractivity contribution in [1.82, 2.24) is 21.5 Å². The summed E-state index contributed by atoms with van der Waals surface area (Å²) in [6.07, 6.45) is 4.60. The van der Waals surface area contributed by atoms with Gasteiger partial charge in [0.15, 0.2) is 0 Å². The molecule has 1 heterocycles. The Kier molecular flexibility index (Phi) is 5.71. The average Bonchev–Trinajstić information content (AvgIpc) is 3.03. The summed E-state index contributed by atoms with van der Waals surface area (Å²) in [7, 11) is 0. The van der Waals surface area contributed by atoms with Crippen LogP contribution in [0.4, 0.5) is 0 Å². The van der Waals surface area contributed by atoms with E-state index in [4.69, 9.17) is 11.6 Å². The molecule has 0 spiro atoms. The molecule has 3 atom stereocenters. The van der Waals surface area contributed by atoms with Crippen molar-refractivity contribution in [3.8, 4) is 0 Å². The maximum atomic E-state index is 12.3. The van der Waals surface area contributed by atoms with Gasteiger partial charge in [-0.3, -0.25) is 15.0 Å². The molecule has 1 aliphatic carbocycles. The van der Waals surface area contributed by atoms with E-state index in [2.05, 4.69) is 21.5 Å². The van der Waals surface area contributed by atoms with Gasteiger partial charge < -0.3 is 10.6 Å². The molecule has 4 N–H and O–H groups in total. The number of carbonyl (C=O) groups excluding carboxylic acids is 2. The molecule has 1 aromatic carbocycles. The Morgan fingerprint density at radius 3 is 2.67 bits per heavy atom. The second-order valence-electron chi connectivity index (χ2n) is 6.35. The zero-order valence-electron chi connectivity index (χ0n) is 13.5. The van der Waals surface area contributed by atoms with Gasteiger partial charge in [-0.2, -0.15) is 0 Å². The van der Waals surface area contributed by atoms with Crippen LogP contribution >= 0.6 is 11.6 Å². The van der Waals surface area contributed by atoms with Crippen LogP contribution < -0.4 is 21.5 Å². The summed E-state index contributed by atoms with van der Waals surface area (Å²) in [5.74, 6) is 0.114. The van der Waals surface area contributed by atoms with E-state index in [1.807, 2.05) is 0 Å². The second kappa shape index (κ2) is 7.96. The van der Waals surface area contributed by atoms with Gasteiger partial charge in [0.05, 0.1) is 10.6 Å². The number of hydrogen-bond donors (Lipinski definition) is 4. The van der Waals surface area contributed by atoms with Crippen LogP contribution in [0.25, 0.3) is 0 Å². The number of hydrazine groups is 1. The number of fused-ring (bicyclic) bond motifs is 1. The third kappa shape index (κ3) is 3.88. The van der Waals surface area contributed by atoms with Gasteiger partial charge in [-0.25, -0.2) is 5.43 Å². The number of benzene rings is 1. The molecular formula is C17H23ClN4O2. The quantitative estimate of drug-likeness (QED) is 0.602. The minimum atomic E-state index is -0.233. The van der Waals surface area contributed by atoms with Gasteiger partial charge in [0.25, 0.3) is 5.91 Å². The van der Waals surface area contributed by atoms with Crippen molar-refractivity contribution in [2.45, 2.75) is 37.8 Å². The molecule has 3 unspecified atom stereocenters. The van der Waals surface area contributed by atoms with E-state index in [-0.39, 0.29) is 17.9 Å². The first kappa shape index (κ1) is 17.2. The highest BCUT2D eigenvalue weighted by atomic mass is 35.5. The van der Waals surface area contributed by atoms with Crippen molar-refractivity contribution in [3.05, 3.63) is 34.9 Å². The van der Waals surface area contributed by atoms with Gasteiger partial charge >= 0.3 is 0 Å². The van der Waals surface area contributed by atoms with E-state index >= 15 is 0 Å². The fourth-order valence-corrected chi connectivity index (χ4v) is 3.74. The Labute approximate surface area is 146 Å². The van der Waals surface area contributed by atoms with E-state index in [0.29, 0.717) is 35.6 Å². The van der Waals surface area contributed by atoms with Crippen molar-refractivity contribution in [2.75, 3.05) is 13.1 Å². The fourth-order valence-electron chi connectivity index (χ4n) is 3.51. The van der Waals surface area contributed by atoms with Gasteiger partial charge in [0, 0.05) is 25.0 Å². The van der Waals surface area contributed by atoms with Crippen molar-refractivity contribution >= 4 is 23.4 Å². The van der Waals surface area contributed by atoms with Crippen LogP contribution in [0.15, 0.2) is 24.3 Å². The summed E-state index contributed by atoms with van der Waals surface area (Å²) >= 11 is 5.99. The third-order valence-electron chi connectivity index (χ3n) is 4.78. The summed E-state index contributed by atoms with van der Waals surface area (Å²) in [5.41, 5.74) is 6.79. The predicted octanol–water partition coefficient (Wildman–Crippen LogP) is 1.22. The molecule has 2 fully saturated rings. The van der Waals surface area contributed by atoms with Crippen LogP contribution in [0.2, 0.25) is 5.02 Å². The first-order valence-corrected chi connectivity index (χ1v) is 8.86. The molecule has 0 bridgehead atoms. The summed E-state index contributed by atoms with van der Waals surface area (Å²) in [4.78, 5) is 24.3. The SMILES string of the molecule is O=C(NCCNC(=O)C1NNC2CCCCC21)c1ccccc1Cl. The Balaban J connectivity index is 1.41.